The third-order valence-corrected chi connectivity index (χ3v) is 7.27. The van der Waals surface area contributed by atoms with E-state index in [1.54, 1.807) is 32.0 Å². The first-order valence-corrected chi connectivity index (χ1v) is 11.9. The average Bonchev–Trinajstić information content (AvgIpc) is 3.09. The van der Waals surface area contributed by atoms with Crippen LogP contribution >= 0.6 is 0 Å². The van der Waals surface area contributed by atoms with E-state index < -0.39 is 16.6 Å². The van der Waals surface area contributed by atoms with Crippen LogP contribution in [0, 0.1) is 0 Å². The number of rotatable bonds is 10. The van der Waals surface area contributed by atoms with Crippen LogP contribution in [0.1, 0.15) is 26.1 Å². The number of halogens is 2. The van der Waals surface area contributed by atoms with Gasteiger partial charge in [-0.05, 0) is 42.5 Å². The molecule has 0 radical (unpaired) electrons. The van der Waals surface area contributed by atoms with E-state index in [1.165, 1.54) is 28.6 Å². The number of alkyl halides is 2. The van der Waals surface area contributed by atoms with Crippen molar-refractivity contribution >= 4 is 32.7 Å². The highest BCUT2D eigenvalue weighted by molar-refractivity contribution is 7.89. The number of aromatic nitrogens is 2. The number of carbonyl (C=O) groups is 1. The maximum absolute atomic E-state index is 12.8. The number of hydrogen-bond donors (Lipinski definition) is 1. The van der Waals surface area contributed by atoms with Crippen LogP contribution in [0.2, 0.25) is 0 Å². The van der Waals surface area contributed by atoms with Crippen molar-refractivity contribution < 1.29 is 26.7 Å². The summed E-state index contributed by atoms with van der Waals surface area (Å²) < 4.78 is 57.5. The maximum Gasteiger partial charge on any atom is 0.387 e. The van der Waals surface area contributed by atoms with Crippen molar-refractivity contribution in [1.82, 2.24) is 13.9 Å². The molecule has 11 heteroatoms. The Morgan fingerprint density at radius 2 is 1.82 bits per heavy atom. The molecule has 3 aromatic rings. The van der Waals surface area contributed by atoms with Crippen LogP contribution in [0.4, 0.5) is 14.5 Å². The number of hydrogen-bond acceptors (Lipinski definition) is 5. The van der Waals surface area contributed by atoms with Gasteiger partial charge in [0, 0.05) is 38.7 Å². The highest BCUT2D eigenvalue weighted by Gasteiger charge is 2.22. The van der Waals surface area contributed by atoms with Crippen LogP contribution in [-0.2, 0) is 28.3 Å². The van der Waals surface area contributed by atoms with Gasteiger partial charge in [0.15, 0.2) is 0 Å². The van der Waals surface area contributed by atoms with Crippen molar-refractivity contribution in [2.75, 3.05) is 18.4 Å². The number of amides is 1. The van der Waals surface area contributed by atoms with E-state index in [1.807, 2.05) is 11.6 Å². The van der Waals surface area contributed by atoms with Gasteiger partial charge < -0.3 is 14.6 Å². The second-order valence-electron chi connectivity index (χ2n) is 7.28. The third-order valence-electron chi connectivity index (χ3n) is 5.23. The number of nitrogens with zero attached hydrogens (tertiary/aromatic N) is 3. The van der Waals surface area contributed by atoms with Gasteiger partial charge in [0.1, 0.15) is 11.6 Å². The summed E-state index contributed by atoms with van der Waals surface area (Å²) >= 11 is 0. The summed E-state index contributed by atoms with van der Waals surface area (Å²) in [6.45, 7) is 1.42. The highest BCUT2D eigenvalue weighted by Crippen LogP contribution is 2.23. The molecule has 0 saturated carbocycles. The van der Waals surface area contributed by atoms with E-state index in [9.17, 15) is 22.0 Å². The van der Waals surface area contributed by atoms with Crippen LogP contribution < -0.4 is 10.1 Å². The van der Waals surface area contributed by atoms with E-state index in [-0.39, 0.29) is 23.0 Å². The number of nitrogens with one attached hydrogen (secondary N) is 1. The molecule has 0 atom stereocenters. The van der Waals surface area contributed by atoms with Gasteiger partial charge in [0.25, 0.3) is 0 Å². The molecule has 1 heterocycles. The SMILES string of the molecule is CCN(CC)S(=O)(=O)c1ccc2c(c1)nc(CCC(=O)Nc1ccc(OC(F)F)cc1)n2C. The predicted molar refractivity (Wildman–Crippen MR) is 121 cm³/mol. The molecule has 1 amide bonds. The molecule has 0 fully saturated rings. The van der Waals surface area contributed by atoms with Crippen LogP contribution in [-0.4, -0.2) is 47.9 Å². The Balaban J connectivity index is 1.69. The molecule has 0 saturated heterocycles. The van der Waals surface area contributed by atoms with Gasteiger partial charge in [-0.2, -0.15) is 13.1 Å². The van der Waals surface area contributed by atoms with Crippen LogP contribution in [0.25, 0.3) is 11.0 Å². The Kier molecular flexibility index (Phi) is 7.65. The van der Waals surface area contributed by atoms with Gasteiger partial charge in [0.05, 0.1) is 15.9 Å². The molecule has 0 bridgehead atoms. The quantitative estimate of drug-likeness (QED) is 0.477. The van der Waals surface area contributed by atoms with Gasteiger partial charge >= 0.3 is 6.61 Å². The highest BCUT2D eigenvalue weighted by atomic mass is 32.2. The molecule has 0 aliphatic heterocycles. The standard InChI is InChI=1S/C22H26F2N4O4S/c1-4-28(5-2)33(30,31)17-10-11-19-18(14-17)26-20(27(19)3)12-13-21(29)25-15-6-8-16(9-7-15)32-22(23)24/h6-11,14,22H,4-5,12-13H2,1-3H3,(H,25,29). The van der Waals surface area contributed by atoms with E-state index in [0.29, 0.717) is 36.5 Å². The Labute approximate surface area is 191 Å². The fourth-order valence-electron chi connectivity index (χ4n) is 3.49. The summed E-state index contributed by atoms with van der Waals surface area (Å²) in [6.07, 6.45) is 0.471. The number of ether oxygens (including phenoxy) is 1. The third kappa shape index (κ3) is 5.66. The Morgan fingerprint density at radius 1 is 1.15 bits per heavy atom. The second-order valence-corrected chi connectivity index (χ2v) is 9.22. The molecule has 178 valence electrons. The first-order valence-electron chi connectivity index (χ1n) is 10.5. The minimum Gasteiger partial charge on any atom is -0.435 e. The molecule has 0 aliphatic rings. The lowest BCUT2D eigenvalue weighted by atomic mass is 10.2. The Bertz CT molecular complexity index is 1220. The summed E-state index contributed by atoms with van der Waals surface area (Å²) in [7, 11) is -1.79. The number of fused-ring (bicyclic) bond motifs is 1. The summed E-state index contributed by atoms with van der Waals surface area (Å²) in [4.78, 5) is 17.0. The van der Waals surface area contributed by atoms with Gasteiger partial charge in [-0.25, -0.2) is 13.4 Å². The zero-order valence-electron chi connectivity index (χ0n) is 18.6. The second kappa shape index (κ2) is 10.3. The lowest BCUT2D eigenvalue weighted by molar-refractivity contribution is -0.116. The monoisotopic (exact) mass is 480 g/mol. The smallest absolute Gasteiger partial charge is 0.387 e. The molecule has 8 nitrogen and oxygen atoms in total. The Hall–Kier alpha value is -3.05. The summed E-state index contributed by atoms with van der Waals surface area (Å²) in [5, 5.41) is 2.70. The fraction of sp³-hybridized carbons (Fsp3) is 0.364. The van der Waals surface area contributed by atoms with Gasteiger partial charge in [-0.1, -0.05) is 13.8 Å². The minimum absolute atomic E-state index is 0.00470. The summed E-state index contributed by atoms with van der Waals surface area (Å²) in [6, 6.07) is 10.5. The number of aryl methyl sites for hydroxylation is 2. The van der Waals surface area contributed by atoms with Crippen LogP contribution in [0.15, 0.2) is 47.4 Å². The Morgan fingerprint density at radius 3 is 2.42 bits per heavy atom. The van der Waals surface area contributed by atoms with E-state index in [0.717, 1.165) is 5.52 Å². The average molecular weight is 481 g/mol. The molecule has 2 aromatic carbocycles. The van der Waals surface area contributed by atoms with Crippen molar-refractivity contribution in [3.63, 3.8) is 0 Å². The zero-order chi connectivity index (χ0) is 24.2. The maximum atomic E-state index is 12.8. The number of sulfonamides is 1. The number of anilines is 1. The first kappa shape index (κ1) is 24.6. The molecular weight excluding hydrogens is 454 g/mol. The molecule has 0 spiro atoms. The molecule has 3 rings (SSSR count). The lowest BCUT2D eigenvalue weighted by Gasteiger charge is -2.18. The van der Waals surface area contributed by atoms with Gasteiger partial charge in [0.2, 0.25) is 15.9 Å². The molecule has 0 unspecified atom stereocenters. The van der Waals surface area contributed by atoms with Crippen molar-refractivity contribution in [2.24, 2.45) is 7.05 Å². The van der Waals surface area contributed by atoms with Crippen LogP contribution in [0.3, 0.4) is 0 Å². The molecule has 1 aromatic heterocycles. The first-order chi connectivity index (χ1) is 15.6. The molecule has 0 aliphatic carbocycles. The van der Waals surface area contributed by atoms with Gasteiger partial charge in [-0.15, -0.1) is 0 Å². The summed E-state index contributed by atoms with van der Waals surface area (Å²) in [5.74, 6) is 0.373. The molecule has 33 heavy (non-hydrogen) atoms. The largest absolute Gasteiger partial charge is 0.435 e. The van der Waals surface area contributed by atoms with Crippen molar-refractivity contribution in [1.29, 1.82) is 0 Å². The lowest BCUT2D eigenvalue weighted by Crippen LogP contribution is -2.30. The van der Waals surface area contributed by atoms with Crippen molar-refractivity contribution in [3.8, 4) is 5.75 Å². The topological polar surface area (TPSA) is 93.5 Å². The molecular formula is C22H26F2N4O4S. The fourth-order valence-corrected chi connectivity index (χ4v) is 4.97. The van der Waals surface area contributed by atoms with Gasteiger partial charge in [-0.3, -0.25) is 4.79 Å². The predicted octanol–water partition coefficient (Wildman–Crippen LogP) is 3.78. The number of imidazole rings is 1. The van der Waals surface area contributed by atoms with E-state index in [4.69, 9.17) is 0 Å². The van der Waals surface area contributed by atoms with E-state index in [2.05, 4.69) is 15.0 Å². The number of benzene rings is 2. The normalized spacial score (nSPS) is 12.0. The number of carbonyl (C=O) groups excluding carboxylic acids is 1. The van der Waals surface area contributed by atoms with Crippen molar-refractivity contribution in [3.05, 3.63) is 48.3 Å². The van der Waals surface area contributed by atoms with E-state index >= 15 is 0 Å². The molecule has 1 N–H and O–H groups in total. The zero-order valence-corrected chi connectivity index (χ0v) is 19.4. The van der Waals surface area contributed by atoms with Crippen molar-refractivity contribution in [2.45, 2.75) is 38.2 Å². The van der Waals surface area contributed by atoms with Crippen LogP contribution in [0.5, 0.6) is 5.75 Å². The summed E-state index contributed by atoms with van der Waals surface area (Å²) in [5.41, 5.74) is 1.76. The minimum atomic E-state index is -3.60.